The van der Waals surface area contributed by atoms with Crippen molar-refractivity contribution in [3.8, 4) is 16.9 Å². The van der Waals surface area contributed by atoms with Gasteiger partial charge in [-0.25, -0.2) is 0 Å². The van der Waals surface area contributed by atoms with Gasteiger partial charge < -0.3 is 4.74 Å². The van der Waals surface area contributed by atoms with E-state index in [0.29, 0.717) is 0 Å². The number of halogens is 1. The summed E-state index contributed by atoms with van der Waals surface area (Å²) in [6.45, 7) is 3.95. The van der Waals surface area contributed by atoms with Crippen molar-refractivity contribution in [1.29, 1.82) is 0 Å². The summed E-state index contributed by atoms with van der Waals surface area (Å²) in [5, 5.41) is 0.743. The number of hydrogen-bond donors (Lipinski definition) is 0. The molecule has 0 amide bonds. The van der Waals surface area contributed by atoms with Gasteiger partial charge in [-0.2, -0.15) is 0 Å². The third-order valence-corrected chi connectivity index (χ3v) is 2.99. The summed E-state index contributed by atoms with van der Waals surface area (Å²) in [6.07, 6.45) is 0.752. The topological polar surface area (TPSA) is 9.23 Å². The first-order chi connectivity index (χ1) is 8.24. The molecule has 1 nitrogen and oxygen atoms in total. The lowest BCUT2D eigenvalue weighted by molar-refractivity contribution is 0.415. The number of benzene rings is 2. The fourth-order valence-electron chi connectivity index (χ4n) is 1.80. The molecule has 2 aromatic carbocycles. The van der Waals surface area contributed by atoms with Gasteiger partial charge in [0, 0.05) is 5.02 Å². The molecule has 0 spiro atoms. The van der Waals surface area contributed by atoms with Crippen LogP contribution in [0.1, 0.15) is 5.56 Å². The zero-order valence-corrected chi connectivity index (χ0v) is 10.5. The van der Waals surface area contributed by atoms with Crippen LogP contribution in [0.4, 0.5) is 0 Å². The summed E-state index contributed by atoms with van der Waals surface area (Å²) in [5.41, 5.74) is 3.48. The molecule has 0 bridgehead atoms. The summed E-state index contributed by atoms with van der Waals surface area (Å²) in [5.74, 6) is 0.854. The number of rotatable bonds is 3. The third-order valence-electron chi connectivity index (χ3n) is 2.74. The first-order valence-electron chi connectivity index (χ1n) is 5.46. The van der Waals surface area contributed by atoms with E-state index in [1.165, 1.54) is 5.56 Å². The Labute approximate surface area is 107 Å². The second-order valence-electron chi connectivity index (χ2n) is 3.78. The molecule has 0 fully saturated rings. The highest BCUT2D eigenvalue weighted by molar-refractivity contribution is 6.30. The maximum Gasteiger partial charge on any atom is 0.119 e. The van der Waals surface area contributed by atoms with Crippen molar-refractivity contribution in [1.82, 2.24) is 0 Å². The lowest BCUT2D eigenvalue weighted by Gasteiger charge is -2.10. The van der Waals surface area contributed by atoms with Gasteiger partial charge in [-0.05, 0) is 54.3 Å². The Bertz CT molecular complexity index is 503. The minimum atomic E-state index is 0.743. The van der Waals surface area contributed by atoms with Crippen LogP contribution >= 0.6 is 11.6 Å². The maximum absolute atomic E-state index is 5.89. The second kappa shape index (κ2) is 5.24. The van der Waals surface area contributed by atoms with Gasteiger partial charge in [0.2, 0.25) is 0 Å². The van der Waals surface area contributed by atoms with Crippen LogP contribution in [0.25, 0.3) is 11.1 Å². The normalized spacial score (nSPS) is 10.3. The standard InChI is InChI=1S/C15H14ClO/c1-3-11-6-9-14(17-2)10-15(11)12-4-7-13(16)8-5-12/h4-10H,1,3H2,2H3. The number of hydrogen-bond acceptors (Lipinski definition) is 1. The molecule has 87 valence electrons. The Morgan fingerprint density at radius 2 is 1.82 bits per heavy atom. The summed E-state index contributed by atoms with van der Waals surface area (Å²) < 4.78 is 5.25. The van der Waals surface area contributed by atoms with Gasteiger partial charge in [0.15, 0.2) is 0 Å². The van der Waals surface area contributed by atoms with E-state index >= 15 is 0 Å². The molecule has 0 aromatic heterocycles. The SMILES string of the molecule is [CH2]Cc1ccc(OC)cc1-c1ccc(Cl)cc1. The number of methoxy groups -OCH3 is 1. The quantitative estimate of drug-likeness (QED) is 0.779. The van der Waals surface area contributed by atoms with Crippen molar-refractivity contribution < 1.29 is 4.74 Å². The van der Waals surface area contributed by atoms with Crippen LogP contribution in [0, 0.1) is 6.92 Å². The molecule has 0 heterocycles. The fraction of sp³-hybridized carbons (Fsp3) is 0.133. The van der Waals surface area contributed by atoms with Crippen molar-refractivity contribution in [2.24, 2.45) is 0 Å². The van der Waals surface area contributed by atoms with Gasteiger partial charge in [0.05, 0.1) is 7.11 Å². The van der Waals surface area contributed by atoms with Crippen LogP contribution in [0.15, 0.2) is 42.5 Å². The van der Waals surface area contributed by atoms with E-state index in [2.05, 4.69) is 13.0 Å². The number of ether oxygens (including phenoxy) is 1. The van der Waals surface area contributed by atoms with Crippen molar-refractivity contribution in [3.05, 3.63) is 60.0 Å². The zero-order chi connectivity index (χ0) is 12.3. The molecule has 0 N–H and O–H groups in total. The molecular weight excluding hydrogens is 232 g/mol. The smallest absolute Gasteiger partial charge is 0.119 e. The predicted octanol–water partition coefficient (Wildman–Crippen LogP) is 4.39. The van der Waals surface area contributed by atoms with Gasteiger partial charge in [-0.1, -0.05) is 29.8 Å². The van der Waals surface area contributed by atoms with E-state index in [9.17, 15) is 0 Å². The zero-order valence-electron chi connectivity index (χ0n) is 9.74. The molecule has 0 unspecified atom stereocenters. The first kappa shape index (κ1) is 12.0. The Morgan fingerprint density at radius 1 is 1.12 bits per heavy atom. The van der Waals surface area contributed by atoms with E-state index in [0.717, 1.165) is 28.3 Å². The van der Waals surface area contributed by atoms with E-state index in [1.807, 2.05) is 36.4 Å². The summed E-state index contributed by atoms with van der Waals surface area (Å²) in [6, 6.07) is 13.8. The highest BCUT2D eigenvalue weighted by Crippen LogP contribution is 2.29. The Morgan fingerprint density at radius 3 is 2.41 bits per heavy atom. The van der Waals surface area contributed by atoms with Crippen molar-refractivity contribution in [3.63, 3.8) is 0 Å². The first-order valence-corrected chi connectivity index (χ1v) is 5.84. The van der Waals surface area contributed by atoms with Gasteiger partial charge in [-0.3, -0.25) is 0 Å². The molecule has 0 aliphatic heterocycles. The molecule has 17 heavy (non-hydrogen) atoms. The van der Waals surface area contributed by atoms with Crippen molar-refractivity contribution in [2.75, 3.05) is 7.11 Å². The van der Waals surface area contributed by atoms with Crippen LogP contribution in [0.5, 0.6) is 5.75 Å². The summed E-state index contributed by atoms with van der Waals surface area (Å²) in [7, 11) is 1.67. The van der Waals surface area contributed by atoms with Crippen molar-refractivity contribution in [2.45, 2.75) is 6.42 Å². The largest absolute Gasteiger partial charge is 0.497 e. The minimum absolute atomic E-state index is 0.743. The average Bonchev–Trinajstić information content (AvgIpc) is 2.39. The van der Waals surface area contributed by atoms with E-state index in [4.69, 9.17) is 16.3 Å². The Hall–Kier alpha value is -1.47. The monoisotopic (exact) mass is 245 g/mol. The molecular formula is C15H14ClO. The van der Waals surface area contributed by atoms with Gasteiger partial charge >= 0.3 is 0 Å². The van der Waals surface area contributed by atoms with Crippen LogP contribution in [0.3, 0.4) is 0 Å². The van der Waals surface area contributed by atoms with E-state index in [-0.39, 0.29) is 0 Å². The molecule has 0 aliphatic rings. The molecule has 1 radical (unpaired) electrons. The highest BCUT2D eigenvalue weighted by atomic mass is 35.5. The van der Waals surface area contributed by atoms with Gasteiger partial charge in [0.25, 0.3) is 0 Å². The molecule has 2 aromatic rings. The molecule has 2 rings (SSSR count). The maximum atomic E-state index is 5.89. The van der Waals surface area contributed by atoms with Crippen molar-refractivity contribution >= 4 is 11.6 Å². The lowest BCUT2D eigenvalue weighted by Crippen LogP contribution is -1.90. The van der Waals surface area contributed by atoms with E-state index in [1.54, 1.807) is 7.11 Å². The van der Waals surface area contributed by atoms with Crippen LogP contribution < -0.4 is 4.74 Å². The molecule has 0 saturated carbocycles. The van der Waals surface area contributed by atoms with Gasteiger partial charge in [-0.15, -0.1) is 0 Å². The van der Waals surface area contributed by atoms with Gasteiger partial charge in [0.1, 0.15) is 5.75 Å². The fourth-order valence-corrected chi connectivity index (χ4v) is 1.92. The Kier molecular flexibility index (Phi) is 3.70. The molecule has 0 aliphatic carbocycles. The summed E-state index contributed by atoms with van der Waals surface area (Å²) >= 11 is 5.89. The van der Waals surface area contributed by atoms with E-state index < -0.39 is 0 Å². The molecule has 2 heteroatoms. The second-order valence-corrected chi connectivity index (χ2v) is 4.22. The minimum Gasteiger partial charge on any atom is -0.497 e. The summed E-state index contributed by atoms with van der Waals surface area (Å²) in [4.78, 5) is 0. The highest BCUT2D eigenvalue weighted by Gasteiger charge is 2.05. The third kappa shape index (κ3) is 2.62. The lowest BCUT2D eigenvalue weighted by atomic mass is 9.98. The van der Waals surface area contributed by atoms with Crippen LogP contribution in [0.2, 0.25) is 5.02 Å². The average molecular weight is 246 g/mol. The predicted molar refractivity (Wildman–Crippen MR) is 72.5 cm³/mol. The molecule has 0 saturated heterocycles. The van der Waals surface area contributed by atoms with Crippen LogP contribution in [-0.4, -0.2) is 7.11 Å². The Balaban J connectivity index is 2.51. The van der Waals surface area contributed by atoms with Crippen LogP contribution in [-0.2, 0) is 6.42 Å². The molecule has 0 atom stereocenters.